The van der Waals surface area contributed by atoms with Crippen LogP contribution in [-0.2, 0) is 0 Å². The average Bonchev–Trinajstić information content (AvgIpc) is 2.97. The molecule has 4 atom stereocenters. The van der Waals surface area contributed by atoms with Crippen LogP contribution in [0.1, 0.15) is 43.7 Å². The lowest BCUT2D eigenvalue weighted by Crippen LogP contribution is -2.52. The van der Waals surface area contributed by atoms with Crippen LogP contribution < -0.4 is 5.73 Å². The molecule has 2 heterocycles. The van der Waals surface area contributed by atoms with E-state index < -0.39 is 0 Å². The van der Waals surface area contributed by atoms with Gasteiger partial charge in [-0.1, -0.05) is 6.92 Å². The summed E-state index contributed by atoms with van der Waals surface area (Å²) in [6.07, 6.45) is 1.27. The van der Waals surface area contributed by atoms with Crippen LogP contribution in [0.2, 0.25) is 0 Å². The molecule has 112 valence electrons. The molecule has 20 heavy (non-hydrogen) atoms. The Kier molecular flexibility index (Phi) is 3.89. The van der Waals surface area contributed by atoms with Gasteiger partial charge in [-0.3, -0.25) is 4.90 Å². The third-order valence-corrected chi connectivity index (χ3v) is 5.11. The minimum atomic E-state index is 0.231. The Morgan fingerprint density at radius 1 is 1.35 bits per heavy atom. The average molecular weight is 277 g/mol. The van der Waals surface area contributed by atoms with E-state index in [0.29, 0.717) is 18.5 Å². The second-order valence-electron chi connectivity index (χ2n) is 6.64. The molecule has 1 aromatic heterocycles. The number of rotatable bonds is 4. The van der Waals surface area contributed by atoms with Gasteiger partial charge in [0.25, 0.3) is 0 Å². The minimum absolute atomic E-state index is 0.231. The molecule has 0 aromatic carbocycles. The molecule has 0 bridgehead atoms. The Balaban J connectivity index is 1.71. The maximum Gasteiger partial charge on any atom is 0.122 e. The quantitative estimate of drug-likeness (QED) is 0.915. The molecule has 1 saturated carbocycles. The van der Waals surface area contributed by atoms with Crippen molar-refractivity contribution in [1.82, 2.24) is 9.80 Å². The lowest BCUT2D eigenvalue weighted by atomic mass is 10.1. The van der Waals surface area contributed by atoms with Gasteiger partial charge in [0.2, 0.25) is 0 Å². The van der Waals surface area contributed by atoms with E-state index in [0.717, 1.165) is 37.1 Å². The number of hydrogen-bond donors (Lipinski definition) is 1. The van der Waals surface area contributed by atoms with Crippen molar-refractivity contribution < 1.29 is 4.42 Å². The third-order valence-electron chi connectivity index (χ3n) is 5.11. The van der Waals surface area contributed by atoms with Crippen LogP contribution in [0, 0.1) is 5.92 Å². The highest BCUT2D eigenvalue weighted by Crippen LogP contribution is 2.47. The second-order valence-corrected chi connectivity index (χ2v) is 6.64. The van der Waals surface area contributed by atoms with Gasteiger partial charge in [0.05, 0.1) is 6.04 Å². The Bertz CT molecular complexity index is 458. The number of piperazine rings is 1. The van der Waals surface area contributed by atoms with Crippen LogP contribution in [-0.4, -0.2) is 49.1 Å². The summed E-state index contributed by atoms with van der Waals surface area (Å²) in [5.41, 5.74) is 6.03. The fourth-order valence-electron chi connectivity index (χ4n) is 3.27. The number of likely N-dealkylation sites (N-methyl/N-ethyl adjacent to an activating group) is 1. The second kappa shape index (κ2) is 5.51. The number of hydrogen-bond acceptors (Lipinski definition) is 4. The van der Waals surface area contributed by atoms with E-state index in [2.05, 4.69) is 42.8 Å². The molecule has 0 radical (unpaired) electrons. The SMILES string of the molecule is CC1CC1c1ccc(C(CN)N2CCN(C)C(C)C2)o1. The Morgan fingerprint density at radius 3 is 2.70 bits per heavy atom. The summed E-state index contributed by atoms with van der Waals surface area (Å²) in [5, 5.41) is 0. The van der Waals surface area contributed by atoms with E-state index in [1.807, 2.05) is 0 Å². The zero-order valence-electron chi connectivity index (χ0n) is 12.9. The molecular weight excluding hydrogens is 250 g/mol. The van der Waals surface area contributed by atoms with E-state index in [9.17, 15) is 0 Å². The van der Waals surface area contributed by atoms with E-state index in [4.69, 9.17) is 10.2 Å². The molecule has 4 nitrogen and oxygen atoms in total. The first kappa shape index (κ1) is 14.1. The first-order valence-electron chi connectivity index (χ1n) is 7.84. The van der Waals surface area contributed by atoms with Crippen LogP contribution in [0.5, 0.6) is 0 Å². The van der Waals surface area contributed by atoms with Gasteiger partial charge < -0.3 is 15.1 Å². The van der Waals surface area contributed by atoms with Gasteiger partial charge in [-0.05, 0) is 38.4 Å². The number of nitrogens with zero attached hydrogens (tertiary/aromatic N) is 2. The van der Waals surface area contributed by atoms with Gasteiger partial charge in [-0.15, -0.1) is 0 Å². The molecule has 3 rings (SSSR count). The lowest BCUT2D eigenvalue weighted by Gasteiger charge is -2.40. The van der Waals surface area contributed by atoms with Gasteiger partial charge >= 0.3 is 0 Å². The predicted octanol–water partition coefficient (Wildman–Crippen LogP) is 2.04. The zero-order valence-corrected chi connectivity index (χ0v) is 12.9. The smallest absolute Gasteiger partial charge is 0.122 e. The highest BCUT2D eigenvalue weighted by Gasteiger charge is 2.37. The summed E-state index contributed by atoms with van der Waals surface area (Å²) >= 11 is 0. The third kappa shape index (κ3) is 2.65. The van der Waals surface area contributed by atoms with Crippen molar-refractivity contribution in [2.45, 2.75) is 38.3 Å². The normalized spacial score (nSPS) is 33.3. The van der Waals surface area contributed by atoms with Crippen molar-refractivity contribution in [3.05, 3.63) is 23.7 Å². The molecule has 0 amide bonds. The molecule has 2 fully saturated rings. The Morgan fingerprint density at radius 2 is 2.10 bits per heavy atom. The molecule has 1 aromatic rings. The molecule has 1 aliphatic heterocycles. The fraction of sp³-hybridized carbons (Fsp3) is 0.750. The van der Waals surface area contributed by atoms with Crippen molar-refractivity contribution in [2.75, 3.05) is 33.2 Å². The van der Waals surface area contributed by atoms with Gasteiger partial charge in [-0.2, -0.15) is 0 Å². The summed E-state index contributed by atoms with van der Waals surface area (Å²) < 4.78 is 6.11. The van der Waals surface area contributed by atoms with E-state index in [-0.39, 0.29) is 6.04 Å². The molecule has 1 aliphatic carbocycles. The maximum atomic E-state index is 6.11. The first-order chi connectivity index (χ1) is 9.60. The summed E-state index contributed by atoms with van der Waals surface area (Å²) in [5.74, 6) is 3.65. The predicted molar refractivity (Wildman–Crippen MR) is 80.7 cm³/mol. The highest BCUT2D eigenvalue weighted by molar-refractivity contribution is 5.19. The van der Waals surface area contributed by atoms with Crippen molar-refractivity contribution in [2.24, 2.45) is 11.7 Å². The van der Waals surface area contributed by atoms with Crippen LogP contribution in [0.15, 0.2) is 16.5 Å². The van der Waals surface area contributed by atoms with Crippen LogP contribution >= 0.6 is 0 Å². The number of furan rings is 1. The first-order valence-corrected chi connectivity index (χ1v) is 7.84. The van der Waals surface area contributed by atoms with E-state index in [1.165, 1.54) is 6.42 Å². The Hall–Kier alpha value is -0.840. The summed E-state index contributed by atoms with van der Waals surface area (Å²) in [6, 6.07) is 5.11. The maximum absolute atomic E-state index is 6.11. The molecule has 2 aliphatic rings. The van der Waals surface area contributed by atoms with Crippen LogP contribution in [0.4, 0.5) is 0 Å². The summed E-state index contributed by atoms with van der Waals surface area (Å²) in [7, 11) is 2.19. The summed E-state index contributed by atoms with van der Waals surface area (Å²) in [4.78, 5) is 4.88. The Labute approximate surface area is 121 Å². The van der Waals surface area contributed by atoms with Crippen molar-refractivity contribution >= 4 is 0 Å². The monoisotopic (exact) mass is 277 g/mol. The molecule has 4 unspecified atom stereocenters. The lowest BCUT2D eigenvalue weighted by molar-refractivity contribution is 0.0661. The topological polar surface area (TPSA) is 45.6 Å². The van der Waals surface area contributed by atoms with Crippen molar-refractivity contribution in [1.29, 1.82) is 0 Å². The van der Waals surface area contributed by atoms with Crippen molar-refractivity contribution in [3.8, 4) is 0 Å². The van der Waals surface area contributed by atoms with Crippen molar-refractivity contribution in [3.63, 3.8) is 0 Å². The van der Waals surface area contributed by atoms with Crippen LogP contribution in [0.25, 0.3) is 0 Å². The zero-order chi connectivity index (χ0) is 14.3. The van der Waals surface area contributed by atoms with Gasteiger partial charge in [-0.25, -0.2) is 0 Å². The molecule has 2 N–H and O–H groups in total. The molecule has 1 saturated heterocycles. The minimum Gasteiger partial charge on any atom is -0.464 e. The molecular formula is C16H27N3O. The molecule has 4 heteroatoms. The number of nitrogens with two attached hydrogens (primary N) is 1. The molecule has 0 spiro atoms. The fourth-order valence-corrected chi connectivity index (χ4v) is 3.27. The highest BCUT2D eigenvalue weighted by atomic mass is 16.3. The van der Waals surface area contributed by atoms with Gasteiger partial charge in [0.15, 0.2) is 0 Å². The largest absolute Gasteiger partial charge is 0.464 e. The van der Waals surface area contributed by atoms with Gasteiger partial charge in [0, 0.05) is 38.1 Å². The standard InChI is InChI=1S/C16H27N3O/c1-11-8-13(11)15-4-5-16(20-15)14(9-17)19-7-6-18(3)12(2)10-19/h4-5,11-14H,6-10,17H2,1-3H3. The summed E-state index contributed by atoms with van der Waals surface area (Å²) in [6.45, 7) is 8.43. The van der Waals surface area contributed by atoms with Crippen LogP contribution in [0.3, 0.4) is 0 Å². The van der Waals surface area contributed by atoms with E-state index >= 15 is 0 Å². The van der Waals surface area contributed by atoms with E-state index in [1.54, 1.807) is 0 Å². The van der Waals surface area contributed by atoms with Gasteiger partial charge in [0.1, 0.15) is 11.5 Å².